The molecule has 3 heteroatoms. The van der Waals surface area contributed by atoms with Crippen LogP contribution >= 0.6 is 0 Å². The molecule has 1 heterocycles. The lowest BCUT2D eigenvalue weighted by molar-refractivity contribution is 0.112. The van der Waals surface area contributed by atoms with Gasteiger partial charge in [0.2, 0.25) is 0 Å². The normalized spacial score (nSPS) is 10.3. The first-order chi connectivity index (χ1) is 4.75. The fourth-order valence-electron chi connectivity index (χ4n) is 0.867. The van der Waals surface area contributed by atoms with Crippen LogP contribution in [-0.2, 0) is 0 Å². The molecule has 0 aliphatic carbocycles. The van der Waals surface area contributed by atoms with Crippen LogP contribution in [-0.4, -0.2) is 16.5 Å². The van der Waals surface area contributed by atoms with Gasteiger partial charge in [0.25, 0.3) is 0 Å². The van der Waals surface area contributed by atoms with Crippen molar-refractivity contribution in [3.05, 3.63) is 17.5 Å². The largest absolute Gasteiger partial charge is 0.298 e. The van der Waals surface area contributed by atoms with Gasteiger partial charge in [-0.2, -0.15) is 5.10 Å². The molecular formula is C7H10N2O. The van der Waals surface area contributed by atoms with Crippen molar-refractivity contribution < 1.29 is 4.79 Å². The van der Waals surface area contributed by atoms with Crippen LogP contribution in [0.3, 0.4) is 0 Å². The van der Waals surface area contributed by atoms with Crippen molar-refractivity contribution in [3.63, 3.8) is 0 Å². The number of rotatable bonds is 2. The number of aldehydes is 1. The molecule has 10 heavy (non-hydrogen) atoms. The number of hydrogen-bond donors (Lipinski definition) is 1. The summed E-state index contributed by atoms with van der Waals surface area (Å²) in [5.74, 6) is 0.312. The van der Waals surface area contributed by atoms with Gasteiger partial charge in [-0.05, 0) is 5.92 Å². The number of nitrogens with zero attached hydrogens (tertiary/aromatic N) is 1. The summed E-state index contributed by atoms with van der Waals surface area (Å²) in [5, 5.41) is 6.58. The van der Waals surface area contributed by atoms with Crippen LogP contribution in [0.25, 0.3) is 0 Å². The van der Waals surface area contributed by atoms with E-state index in [1.165, 1.54) is 0 Å². The van der Waals surface area contributed by atoms with Crippen LogP contribution in [0.15, 0.2) is 6.20 Å². The van der Waals surface area contributed by atoms with E-state index in [4.69, 9.17) is 0 Å². The number of hydrogen-bond acceptors (Lipinski definition) is 2. The summed E-state index contributed by atoms with van der Waals surface area (Å²) in [5.41, 5.74) is 1.50. The molecule has 0 saturated heterocycles. The third kappa shape index (κ3) is 1.07. The van der Waals surface area contributed by atoms with Crippen LogP contribution in [0, 0.1) is 0 Å². The average molecular weight is 138 g/mol. The third-order valence-electron chi connectivity index (χ3n) is 1.37. The van der Waals surface area contributed by atoms with Crippen molar-refractivity contribution in [1.82, 2.24) is 10.2 Å². The minimum atomic E-state index is 0.312. The molecule has 0 atom stereocenters. The van der Waals surface area contributed by atoms with E-state index in [1.54, 1.807) is 6.20 Å². The molecular weight excluding hydrogens is 128 g/mol. The maximum absolute atomic E-state index is 10.3. The Kier molecular flexibility index (Phi) is 1.85. The molecule has 1 aromatic rings. The molecule has 1 rings (SSSR count). The van der Waals surface area contributed by atoms with E-state index in [2.05, 4.69) is 10.2 Å². The summed E-state index contributed by atoms with van der Waals surface area (Å²) < 4.78 is 0. The van der Waals surface area contributed by atoms with E-state index in [9.17, 15) is 4.79 Å². The van der Waals surface area contributed by atoms with Crippen molar-refractivity contribution in [3.8, 4) is 0 Å². The fourth-order valence-corrected chi connectivity index (χ4v) is 0.867. The second kappa shape index (κ2) is 2.64. The van der Waals surface area contributed by atoms with E-state index >= 15 is 0 Å². The van der Waals surface area contributed by atoms with Crippen LogP contribution < -0.4 is 0 Å². The van der Waals surface area contributed by atoms with Crippen LogP contribution in [0.5, 0.6) is 0 Å². The molecule has 0 aliphatic rings. The van der Waals surface area contributed by atoms with E-state index in [1.807, 2.05) is 13.8 Å². The zero-order valence-electron chi connectivity index (χ0n) is 6.09. The average Bonchev–Trinajstić information content (AvgIpc) is 2.33. The number of aromatic amines is 1. The van der Waals surface area contributed by atoms with E-state index in [0.29, 0.717) is 11.5 Å². The van der Waals surface area contributed by atoms with Crippen molar-refractivity contribution in [1.29, 1.82) is 0 Å². The summed E-state index contributed by atoms with van der Waals surface area (Å²) in [7, 11) is 0. The minimum Gasteiger partial charge on any atom is -0.298 e. The second-order valence-corrected chi connectivity index (χ2v) is 2.50. The highest BCUT2D eigenvalue weighted by atomic mass is 16.1. The van der Waals surface area contributed by atoms with Gasteiger partial charge in [-0.1, -0.05) is 13.8 Å². The SMILES string of the molecule is CC(C)c1n[nH]cc1C=O. The van der Waals surface area contributed by atoms with E-state index in [-0.39, 0.29) is 0 Å². The first kappa shape index (κ1) is 6.99. The van der Waals surface area contributed by atoms with Gasteiger partial charge in [0, 0.05) is 6.20 Å². The molecule has 0 spiro atoms. The maximum atomic E-state index is 10.3. The third-order valence-corrected chi connectivity index (χ3v) is 1.37. The van der Waals surface area contributed by atoms with Gasteiger partial charge in [0.05, 0.1) is 11.3 Å². The van der Waals surface area contributed by atoms with Gasteiger partial charge in [-0.25, -0.2) is 0 Å². The minimum absolute atomic E-state index is 0.312. The predicted molar refractivity (Wildman–Crippen MR) is 38.1 cm³/mol. The highest BCUT2D eigenvalue weighted by Crippen LogP contribution is 2.13. The molecule has 1 aromatic heterocycles. The Morgan fingerprint density at radius 3 is 2.80 bits per heavy atom. The molecule has 0 fully saturated rings. The van der Waals surface area contributed by atoms with Gasteiger partial charge >= 0.3 is 0 Å². The zero-order valence-corrected chi connectivity index (χ0v) is 6.09. The molecule has 0 aliphatic heterocycles. The molecule has 0 radical (unpaired) electrons. The van der Waals surface area contributed by atoms with Gasteiger partial charge in [-0.3, -0.25) is 9.89 Å². The topological polar surface area (TPSA) is 45.8 Å². The van der Waals surface area contributed by atoms with Crippen LogP contribution in [0.1, 0.15) is 35.8 Å². The predicted octanol–water partition coefficient (Wildman–Crippen LogP) is 1.35. The van der Waals surface area contributed by atoms with Crippen LogP contribution in [0.4, 0.5) is 0 Å². The first-order valence-electron chi connectivity index (χ1n) is 3.24. The fraction of sp³-hybridized carbons (Fsp3) is 0.429. The van der Waals surface area contributed by atoms with Gasteiger partial charge in [0.1, 0.15) is 0 Å². The Morgan fingerprint density at radius 1 is 1.70 bits per heavy atom. The monoisotopic (exact) mass is 138 g/mol. The Bertz CT molecular complexity index is 227. The quantitative estimate of drug-likeness (QED) is 0.627. The highest BCUT2D eigenvalue weighted by Gasteiger charge is 2.07. The number of H-pyrrole nitrogens is 1. The lowest BCUT2D eigenvalue weighted by Gasteiger charge is -1.97. The lowest BCUT2D eigenvalue weighted by Crippen LogP contribution is -1.91. The van der Waals surface area contributed by atoms with Crippen molar-refractivity contribution >= 4 is 6.29 Å². The molecule has 0 saturated carbocycles. The van der Waals surface area contributed by atoms with Gasteiger partial charge in [0.15, 0.2) is 6.29 Å². The Labute approximate surface area is 59.4 Å². The number of carbonyl (C=O) groups excluding carboxylic acids is 1. The van der Waals surface area contributed by atoms with E-state index in [0.717, 1.165) is 12.0 Å². The summed E-state index contributed by atoms with van der Waals surface area (Å²) >= 11 is 0. The summed E-state index contributed by atoms with van der Waals surface area (Å²) in [6, 6.07) is 0. The molecule has 0 unspecified atom stereocenters. The second-order valence-electron chi connectivity index (χ2n) is 2.50. The number of aromatic nitrogens is 2. The molecule has 3 nitrogen and oxygen atoms in total. The number of nitrogens with one attached hydrogen (secondary N) is 1. The molecule has 1 N–H and O–H groups in total. The van der Waals surface area contributed by atoms with Crippen molar-refractivity contribution in [2.75, 3.05) is 0 Å². The number of carbonyl (C=O) groups is 1. The van der Waals surface area contributed by atoms with Crippen LogP contribution in [0.2, 0.25) is 0 Å². The Morgan fingerprint density at radius 2 is 2.40 bits per heavy atom. The first-order valence-corrected chi connectivity index (χ1v) is 3.24. The van der Waals surface area contributed by atoms with Crippen molar-refractivity contribution in [2.45, 2.75) is 19.8 Å². The van der Waals surface area contributed by atoms with Gasteiger partial charge in [-0.15, -0.1) is 0 Å². The Hall–Kier alpha value is -1.12. The summed E-state index contributed by atoms with van der Waals surface area (Å²) in [6.45, 7) is 4.01. The van der Waals surface area contributed by atoms with Gasteiger partial charge < -0.3 is 0 Å². The standard InChI is InChI=1S/C7H10N2O/c1-5(2)7-6(4-10)3-8-9-7/h3-5H,1-2H3,(H,8,9). The molecule has 0 aromatic carbocycles. The smallest absolute Gasteiger partial charge is 0.153 e. The molecule has 0 bridgehead atoms. The summed E-state index contributed by atoms with van der Waals surface area (Å²) in [6.07, 6.45) is 2.43. The maximum Gasteiger partial charge on any atom is 0.153 e. The Balaban J connectivity index is 3.01. The summed E-state index contributed by atoms with van der Waals surface area (Å²) in [4.78, 5) is 10.3. The van der Waals surface area contributed by atoms with E-state index < -0.39 is 0 Å². The lowest BCUT2D eigenvalue weighted by atomic mass is 10.1. The molecule has 0 amide bonds. The molecule has 54 valence electrons. The highest BCUT2D eigenvalue weighted by molar-refractivity contribution is 5.76. The van der Waals surface area contributed by atoms with Crippen molar-refractivity contribution in [2.24, 2.45) is 0 Å². The zero-order chi connectivity index (χ0) is 7.56.